The van der Waals surface area contributed by atoms with Crippen molar-refractivity contribution in [2.24, 2.45) is 5.41 Å². The molecule has 2 aliphatic rings. The number of carbonyl (C=O) groups is 2. The maximum absolute atomic E-state index is 13.4. The number of ether oxygens (including phenoxy) is 1. The Morgan fingerprint density at radius 2 is 1.71 bits per heavy atom. The number of carboxylic acids is 1. The normalized spacial score (nSPS) is 21.7. The van der Waals surface area contributed by atoms with E-state index in [1.165, 1.54) is 5.56 Å². The van der Waals surface area contributed by atoms with Crippen LogP contribution in [0.3, 0.4) is 0 Å². The molecule has 212 valence electrons. The van der Waals surface area contributed by atoms with Crippen LogP contribution < -0.4 is 15.0 Å². The average molecular weight is 551 g/mol. The number of nitrogens with zero attached hydrogens (tertiary/aromatic N) is 1. The number of anilines is 2. The van der Waals surface area contributed by atoms with E-state index in [1.54, 1.807) is 4.90 Å². The first-order valence-corrected chi connectivity index (χ1v) is 14.5. The largest absolute Gasteiger partial charge is 0.487 e. The second kappa shape index (κ2) is 11.7. The zero-order valence-electron chi connectivity index (χ0n) is 24.2. The fraction of sp³-hybridized carbons (Fsp3) is 0.371. The molecule has 6 nitrogen and oxygen atoms in total. The van der Waals surface area contributed by atoms with Crippen molar-refractivity contribution in [2.45, 2.75) is 71.3 Å². The molecule has 1 aliphatic carbocycles. The summed E-state index contributed by atoms with van der Waals surface area (Å²) in [5.41, 5.74) is 5.91. The van der Waals surface area contributed by atoms with Crippen LogP contribution >= 0.6 is 0 Å². The quantitative estimate of drug-likeness (QED) is 0.322. The third-order valence-corrected chi connectivity index (χ3v) is 8.36. The van der Waals surface area contributed by atoms with Crippen LogP contribution in [-0.4, -0.2) is 29.8 Å². The van der Waals surface area contributed by atoms with E-state index < -0.39 is 5.97 Å². The molecule has 1 fully saturated rings. The molecule has 1 saturated carbocycles. The highest BCUT2D eigenvalue weighted by Gasteiger charge is 2.31. The monoisotopic (exact) mass is 550 g/mol. The van der Waals surface area contributed by atoms with Crippen molar-refractivity contribution in [3.63, 3.8) is 0 Å². The highest BCUT2D eigenvalue weighted by Crippen LogP contribution is 2.43. The first-order valence-electron chi connectivity index (χ1n) is 14.5. The molecule has 3 aromatic rings. The summed E-state index contributed by atoms with van der Waals surface area (Å²) in [7, 11) is 0. The van der Waals surface area contributed by atoms with Crippen molar-refractivity contribution in [3.05, 3.63) is 77.9 Å². The lowest BCUT2D eigenvalue weighted by molar-refractivity contribution is -0.130. The number of carbonyl (C=O) groups excluding carboxylic acids is 1. The van der Waals surface area contributed by atoms with Gasteiger partial charge in [0.2, 0.25) is 0 Å². The third-order valence-electron chi connectivity index (χ3n) is 8.36. The zero-order valence-corrected chi connectivity index (χ0v) is 24.2. The molecule has 1 aliphatic heterocycles. The molecule has 0 aromatic heterocycles. The summed E-state index contributed by atoms with van der Waals surface area (Å²) >= 11 is 0. The Morgan fingerprint density at radius 1 is 1.02 bits per heavy atom. The van der Waals surface area contributed by atoms with Gasteiger partial charge in [0.05, 0.1) is 12.2 Å². The molecule has 3 aromatic carbocycles. The first kappa shape index (κ1) is 28.3. The van der Waals surface area contributed by atoms with Crippen molar-refractivity contribution in [2.75, 3.05) is 16.8 Å². The summed E-state index contributed by atoms with van der Waals surface area (Å²) in [5.74, 6) is 5.67. The number of urea groups is 1. The fourth-order valence-electron chi connectivity index (χ4n) is 5.98. The molecule has 0 saturated heterocycles. The number of amides is 2. The molecule has 1 heterocycles. The molecular weight excluding hydrogens is 512 g/mol. The molecule has 2 amide bonds. The van der Waals surface area contributed by atoms with E-state index in [4.69, 9.17) is 9.84 Å². The van der Waals surface area contributed by atoms with Gasteiger partial charge < -0.3 is 15.2 Å². The van der Waals surface area contributed by atoms with Crippen molar-refractivity contribution < 1.29 is 19.4 Å². The van der Waals surface area contributed by atoms with Gasteiger partial charge in [-0.3, -0.25) is 4.90 Å². The van der Waals surface area contributed by atoms with Crippen LogP contribution in [0.2, 0.25) is 0 Å². The van der Waals surface area contributed by atoms with Gasteiger partial charge in [0, 0.05) is 17.0 Å². The van der Waals surface area contributed by atoms with Crippen molar-refractivity contribution in [3.8, 4) is 28.7 Å². The Kier molecular flexibility index (Phi) is 8.08. The van der Waals surface area contributed by atoms with Crippen LogP contribution in [0.1, 0.15) is 76.3 Å². The maximum Gasteiger partial charge on any atom is 0.381 e. The molecule has 41 heavy (non-hydrogen) atoms. The standard InChI is InChI=1S/C35H38N2O4/c1-23(2)29-7-5-6-8-30(29)36-34(40)37-22-24(3)41-32-21-28(13-14-31(32)37)26-11-9-25(10-12-26)27-15-18-35(4,19-16-27)20-17-33(38)39/h5-14,21,23-24,27H,15-16,18-19,22H2,1-4H3,(H,36,40)(H,38,39). The Hall–Kier alpha value is -4.24. The Labute approximate surface area is 242 Å². The van der Waals surface area contributed by atoms with E-state index in [-0.39, 0.29) is 17.6 Å². The van der Waals surface area contributed by atoms with Gasteiger partial charge in [-0.25, -0.2) is 9.59 Å². The SMILES string of the molecule is CC1CN(C(=O)Nc2ccccc2C(C)C)c2ccc(-c3ccc(C4CCC(C)(C#CC(=O)O)CC4)cc3)cc2O1. The number of fused-ring (bicyclic) bond motifs is 1. The van der Waals surface area contributed by atoms with Crippen LogP contribution in [0.15, 0.2) is 66.7 Å². The second-order valence-corrected chi connectivity index (χ2v) is 11.9. The van der Waals surface area contributed by atoms with E-state index in [0.29, 0.717) is 24.1 Å². The van der Waals surface area contributed by atoms with E-state index in [9.17, 15) is 9.59 Å². The van der Waals surface area contributed by atoms with E-state index in [2.05, 4.69) is 68.3 Å². The Morgan fingerprint density at radius 3 is 2.39 bits per heavy atom. The summed E-state index contributed by atoms with van der Waals surface area (Å²) in [4.78, 5) is 26.1. The smallest absolute Gasteiger partial charge is 0.381 e. The van der Waals surface area contributed by atoms with Gasteiger partial charge in [-0.15, -0.1) is 0 Å². The van der Waals surface area contributed by atoms with Gasteiger partial charge in [-0.05, 0) is 91.8 Å². The van der Waals surface area contributed by atoms with E-state index >= 15 is 0 Å². The lowest BCUT2D eigenvalue weighted by Gasteiger charge is -2.34. The lowest BCUT2D eigenvalue weighted by Crippen LogP contribution is -2.44. The summed E-state index contributed by atoms with van der Waals surface area (Å²) in [6, 6.07) is 22.5. The molecule has 0 radical (unpaired) electrons. The topological polar surface area (TPSA) is 78.9 Å². The van der Waals surface area contributed by atoms with Crippen LogP contribution in [-0.2, 0) is 4.79 Å². The minimum Gasteiger partial charge on any atom is -0.487 e. The number of para-hydroxylation sites is 1. The number of nitrogens with one attached hydrogen (secondary N) is 1. The Balaban J connectivity index is 1.30. The summed E-state index contributed by atoms with van der Waals surface area (Å²) < 4.78 is 6.19. The number of rotatable bonds is 4. The van der Waals surface area contributed by atoms with Crippen molar-refractivity contribution >= 4 is 23.4 Å². The number of aliphatic carboxylic acids is 1. The molecule has 0 bridgehead atoms. The van der Waals surface area contributed by atoms with Crippen LogP contribution in [0.4, 0.5) is 16.2 Å². The van der Waals surface area contributed by atoms with Crippen molar-refractivity contribution in [1.82, 2.24) is 0 Å². The predicted octanol–water partition coefficient (Wildman–Crippen LogP) is 8.05. The van der Waals surface area contributed by atoms with E-state index in [0.717, 1.165) is 53.7 Å². The first-order chi connectivity index (χ1) is 19.6. The number of carboxylic acid groups (broad SMARTS) is 1. The lowest BCUT2D eigenvalue weighted by atomic mass is 9.70. The van der Waals surface area contributed by atoms with E-state index in [1.807, 2.05) is 43.3 Å². The van der Waals surface area contributed by atoms with Crippen LogP contribution in [0.25, 0.3) is 11.1 Å². The summed E-state index contributed by atoms with van der Waals surface area (Å²) in [6.07, 6.45) is 3.64. The summed E-state index contributed by atoms with van der Waals surface area (Å²) in [6.45, 7) is 8.76. The summed E-state index contributed by atoms with van der Waals surface area (Å²) in [5, 5.41) is 12.0. The van der Waals surface area contributed by atoms with Crippen molar-refractivity contribution in [1.29, 1.82) is 0 Å². The molecule has 1 unspecified atom stereocenters. The number of benzene rings is 3. The average Bonchev–Trinajstić information content (AvgIpc) is 2.96. The van der Waals surface area contributed by atoms with Gasteiger partial charge in [0.25, 0.3) is 0 Å². The highest BCUT2D eigenvalue weighted by atomic mass is 16.5. The molecular formula is C35H38N2O4. The number of hydrogen-bond donors (Lipinski definition) is 2. The van der Waals surface area contributed by atoms with Crippen LogP contribution in [0.5, 0.6) is 5.75 Å². The molecule has 6 heteroatoms. The Bertz CT molecular complexity index is 1490. The fourth-order valence-corrected chi connectivity index (χ4v) is 5.98. The predicted molar refractivity (Wildman–Crippen MR) is 164 cm³/mol. The van der Waals surface area contributed by atoms with Gasteiger partial charge >= 0.3 is 12.0 Å². The number of hydrogen-bond acceptors (Lipinski definition) is 3. The molecule has 5 rings (SSSR count). The van der Waals surface area contributed by atoms with Gasteiger partial charge in [0.15, 0.2) is 0 Å². The molecule has 1 atom stereocenters. The zero-order chi connectivity index (χ0) is 29.1. The van der Waals surface area contributed by atoms with Gasteiger partial charge in [-0.2, -0.15) is 0 Å². The minimum absolute atomic E-state index is 0.136. The highest BCUT2D eigenvalue weighted by molar-refractivity contribution is 6.03. The molecule has 2 N–H and O–H groups in total. The third kappa shape index (κ3) is 6.41. The minimum atomic E-state index is -1.06. The second-order valence-electron chi connectivity index (χ2n) is 11.9. The molecule has 0 spiro atoms. The van der Waals surface area contributed by atoms with Gasteiger partial charge in [0.1, 0.15) is 11.9 Å². The van der Waals surface area contributed by atoms with Gasteiger partial charge in [-0.1, -0.05) is 68.3 Å². The maximum atomic E-state index is 13.4. The van der Waals surface area contributed by atoms with Crippen LogP contribution in [0, 0.1) is 17.3 Å².